The summed E-state index contributed by atoms with van der Waals surface area (Å²) >= 11 is 0. The monoisotopic (exact) mass is 338 g/mol. The third-order valence-electron chi connectivity index (χ3n) is 4.36. The predicted octanol–water partition coefficient (Wildman–Crippen LogP) is 3.35. The van der Waals surface area contributed by atoms with Gasteiger partial charge in [-0.15, -0.1) is 0 Å². The molecule has 2 amide bonds. The minimum absolute atomic E-state index is 0.0586. The molecule has 0 atom stereocenters. The number of rotatable bonds is 5. The van der Waals surface area contributed by atoms with Gasteiger partial charge in [0.15, 0.2) is 6.61 Å². The van der Waals surface area contributed by atoms with Crippen LogP contribution in [0.5, 0.6) is 5.75 Å². The molecule has 1 aliphatic heterocycles. The van der Waals surface area contributed by atoms with Crippen molar-refractivity contribution in [3.05, 3.63) is 53.6 Å². The van der Waals surface area contributed by atoms with Crippen molar-refractivity contribution in [1.82, 2.24) is 0 Å². The lowest BCUT2D eigenvalue weighted by Crippen LogP contribution is -2.20. The summed E-state index contributed by atoms with van der Waals surface area (Å²) < 4.78 is 5.53. The number of ether oxygens (including phenoxy) is 1. The summed E-state index contributed by atoms with van der Waals surface area (Å²) in [6, 6.07) is 13.2. The molecule has 5 heteroatoms. The molecule has 0 spiro atoms. The van der Waals surface area contributed by atoms with Crippen LogP contribution in [0.15, 0.2) is 42.5 Å². The SMILES string of the molecule is CC(C)c1ccc(OCC(=O)Nc2ccc3c(c2)CC(=O)N3C)cc1. The normalized spacial score (nSPS) is 13.1. The van der Waals surface area contributed by atoms with Gasteiger partial charge in [-0.3, -0.25) is 9.59 Å². The van der Waals surface area contributed by atoms with Gasteiger partial charge in [0, 0.05) is 18.4 Å². The second kappa shape index (κ2) is 6.97. The van der Waals surface area contributed by atoms with Gasteiger partial charge in [0.1, 0.15) is 5.75 Å². The highest BCUT2D eigenvalue weighted by molar-refractivity contribution is 6.02. The number of carbonyl (C=O) groups is 2. The molecule has 0 bridgehead atoms. The first-order valence-electron chi connectivity index (χ1n) is 8.36. The number of benzene rings is 2. The standard InChI is InChI=1S/C20H22N2O3/c1-13(2)14-4-7-17(8-5-14)25-12-19(23)21-16-6-9-18-15(10-16)11-20(24)22(18)3/h4-10,13H,11-12H2,1-3H3,(H,21,23). The van der Waals surface area contributed by atoms with E-state index in [1.165, 1.54) is 5.56 Å². The molecule has 3 rings (SSSR count). The lowest BCUT2D eigenvalue weighted by atomic mass is 10.0. The molecule has 0 aromatic heterocycles. The fourth-order valence-electron chi connectivity index (χ4n) is 2.84. The third-order valence-corrected chi connectivity index (χ3v) is 4.36. The fourth-order valence-corrected chi connectivity index (χ4v) is 2.84. The molecule has 2 aromatic carbocycles. The zero-order valence-electron chi connectivity index (χ0n) is 14.7. The van der Waals surface area contributed by atoms with Gasteiger partial charge in [0.05, 0.1) is 6.42 Å². The number of nitrogens with zero attached hydrogens (tertiary/aromatic N) is 1. The third kappa shape index (κ3) is 3.82. The molecule has 1 heterocycles. The highest BCUT2D eigenvalue weighted by Gasteiger charge is 2.24. The Morgan fingerprint density at radius 2 is 1.92 bits per heavy atom. The largest absolute Gasteiger partial charge is 0.484 e. The summed E-state index contributed by atoms with van der Waals surface area (Å²) in [4.78, 5) is 25.4. The minimum Gasteiger partial charge on any atom is -0.484 e. The maximum atomic E-state index is 12.1. The van der Waals surface area contributed by atoms with E-state index in [-0.39, 0.29) is 18.4 Å². The maximum Gasteiger partial charge on any atom is 0.262 e. The quantitative estimate of drug-likeness (QED) is 0.909. The first-order valence-corrected chi connectivity index (χ1v) is 8.36. The molecule has 0 aliphatic carbocycles. The lowest BCUT2D eigenvalue weighted by molar-refractivity contribution is -0.118. The summed E-state index contributed by atoms with van der Waals surface area (Å²) in [5.41, 5.74) is 3.72. The second-order valence-electron chi connectivity index (χ2n) is 6.53. The van der Waals surface area contributed by atoms with Gasteiger partial charge in [-0.05, 0) is 47.4 Å². The Kier molecular flexibility index (Phi) is 4.74. The second-order valence-corrected chi connectivity index (χ2v) is 6.53. The Bertz CT molecular complexity index is 797. The van der Waals surface area contributed by atoms with Crippen molar-refractivity contribution < 1.29 is 14.3 Å². The van der Waals surface area contributed by atoms with Crippen molar-refractivity contribution in [3.63, 3.8) is 0 Å². The van der Waals surface area contributed by atoms with E-state index in [2.05, 4.69) is 19.2 Å². The molecule has 0 saturated carbocycles. The number of hydrogen-bond acceptors (Lipinski definition) is 3. The van der Waals surface area contributed by atoms with Crippen LogP contribution in [-0.2, 0) is 16.0 Å². The molecule has 0 fully saturated rings. The Balaban J connectivity index is 1.56. The van der Waals surface area contributed by atoms with E-state index in [1.807, 2.05) is 36.4 Å². The van der Waals surface area contributed by atoms with Gasteiger partial charge in [0.2, 0.25) is 5.91 Å². The first kappa shape index (κ1) is 17.0. The van der Waals surface area contributed by atoms with Crippen LogP contribution in [-0.4, -0.2) is 25.5 Å². The number of nitrogens with one attached hydrogen (secondary N) is 1. The summed E-state index contributed by atoms with van der Waals surface area (Å²) in [5.74, 6) is 0.959. The van der Waals surface area contributed by atoms with E-state index in [1.54, 1.807) is 18.0 Å². The highest BCUT2D eigenvalue weighted by atomic mass is 16.5. The summed E-state index contributed by atoms with van der Waals surface area (Å²) in [6.45, 7) is 4.20. The number of anilines is 2. The van der Waals surface area contributed by atoms with Crippen molar-refractivity contribution in [1.29, 1.82) is 0 Å². The van der Waals surface area contributed by atoms with E-state index in [9.17, 15) is 9.59 Å². The Morgan fingerprint density at radius 3 is 2.60 bits per heavy atom. The average Bonchev–Trinajstić information content (AvgIpc) is 2.87. The Hall–Kier alpha value is -2.82. The zero-order chi connectivity index (χ0) is 18.0. The van der Waals surface area contributed by atoms with Gasteiger partial charge in [0.25, 0.3) is 5.91 Å². The fraction of sp³-hybridized carbons (Fsp3) is 0.300. The predicted molar refractivity (Wildman–Crippen MR) is 98.2 cm³/mol. The Morgan fingerprint density at radius 1 is 1.20 bits per heavy atom. The van der Waals surface area contributed by atoms with E-state index in [0.717, 1.165) is 11.3 Å². The van der Waals surface area contributed by atoms with Crippen LogP contribution in [0.1, 0.15) is 30.9 Å². The van der Waals surface area contributed by atoms with Crippen molar-refractivity contribution in [3.8, 4) is 5.75 Å². The van der Waals surface area contributed by atoms with Crippen molar-refractivity contribution in [2.45, 2.75) is 26.2 Å². The lowest BCUT2D eigenvalue weighted by Gasteiger charge is -2.12. The highest BCUT2D eigenvalue weighted by Crippen LogP contribution is 2.29. The molecule has 5 nitrogen and oxygen atoms in total. The molecule has 0 radical (unpaired) electrons. The summed E-state index contributed by atoms with van der Waals surface area (Å²) in [7, 11) is 1.75. The van der Waals surface area contributed by atoms with Gasteiger partial charge >= 0.3 is 0 Å². The molecule has 1 N–H and O–H groups in total. The summed E-state index contributed by atoms with van der Waals surface area (Å²) in [6.07, 6.45) is 0.369. The van der Waals surface area contributed by atoms with Gasteiger partial charge in [-0.2, -0.15) is 0 Å². The van der Waals surface area contributed by atoms with Crippen LogP contribution in [0.25, 0.3) is 0 Å². The van der Waals surface area contributed by atoms with E-state index in [4.69, 9.17) is 4.74 Å². The van der Waals surface area contributed by atoms with Crippen LogP contribution >= 0.6 is 0 Å². The molecule has 0 saturated heterocycles. The number of hydrogen-bond donors (Lipinski definition) is 1. The smallest absolute Gasteiger partial charge is 0.262 e. The van der Waals surface area contributed by atoms with E-state index < -0.39 is 0 Å². The van der Waals surface area contributed by atoms with Gasteiger partial charge in [-0.25, -0.2) is 0 Å². The van der Waals surface area contributed by atoms with Gasteiger partial charge < -0.3 is 15.0 Å². The number of fused-ring (bicyclic) bond motifs is 1. The van der Waals surface area contributed by atoms with E-state index in [0.29, 0.717) is 23.8 Å². The molecule has 25 heavy (non-hydrogen) atoms. The molecule has 1 aliphatic rings. The molecular weight excluding hydrogens is 316 g/mol. The number of likely N-dealkylation sites (N-methyl/N-ethyl adjacent to an activating group) is 1. The number of carbonyl (C=O) groups excluding carboxylic acids is 2. The number of amides is 2. The molecule has 130 valence electrons. The van der Waals surface area contributed by atoms with Crippen LogP contribution in [0, 0.1) is 0 Å². The minimum atomic E-state index is -0.231. The van der Waals surface area contributed by atoms with Crippen molar-refractivity contribution in [2.75, 3.05) is 23.9 Å². The van der Waals surface area contributed by atoms with Crippen molar-refractivity contribution >= 4 is 23.2 Å². The zero-order valence-corrected chi connectivity index (χ0v) is 14.7. The molecule has 0 unspecified atom stereocenters. The molecule has 2 aromatic rings. The molecular formula is C20H22N2O3. The average molecular weight is 338 g/mol. The topological polar surface area (TPSA) is 58.6 Å². The van der Waals surface area contributed by atoms with Crippen LogP contribution in [0.3, 0.4) is 0 Å². The maximum absolute atomic E-state index is 12.1. The van der Waals surface area contributed by atoms with Crippen LogP contribution in [0.4, 0.5) is 11.4 Å². The Labute approximate surface area is 147 Å². The first-order chi connectivity index (χ1) is 11.9. The summed E-state index contributed by atoms with van der Waals surface area (Å²) in [5, 5.41) is 2.81. The van der Waals surface area contributed by atoms with Crippen LogP contribution in [0.2, 0.25) is 0 Å². The van der Waals surface area contributed by atoms with Gasteiger partial charge in [-0.1, -0.05) is 26.0 Å². The van der Waals surface area contributed by atoms with Crippen molar-refractivity contribution in [2.24, 2.45) is 0 Å². The van der Waals surface area contributed by atoms with Crippen LogP contribution < -0.4 is 15.0 Å². The van der Waals surface area contributed by atoms with E-state index >= 15 is 0 Å².